The molecule has 1 aromatic heterocycles. The van der Waals surface area contributed by atoms with Gasteiger partial charge in [0.1, 0.15) is 53.7 Å². The minimum atomic E-state index is -1.96. The second-order valence-electron chi connectivity index (χ2n) is 10.4. The SMILES string of the molecule is O=c1c(O)c(-c2ccc(O)c(O)c2)oc2cc(OC3OC(CO)C(O)C(O)C3OC3OC(CO)C(O)C(O)C3O)c(O)c(O)c12. The van der Waals surface area contributed by atoms with Gasteiger partial charge in [0.25, 0.3) is 0 Å². The van der Waals surface area contributed by atoms with Crippen molar-refractivity contribution in [2.75, 3.05) is 13.2 Å². The van der Waals surface area contributed by atoms with Gasteiger partial charge in [0, 0.05) is 11.6 Å². The molecule has 2 saturated heterocycles. The average molecular weight is 643 g/mol. The number of aliphatic hydroxyl groups is 7. The second-order valence-corrected chi connectivity index (χ2v) is 10.4. The quantitative estimate of drug-likeness (QED) is 0.114. The molecular weight excluding hydrogens is 612 g/mol. The fourth-order valence-corrected chi connectivity index (χ4v) is 5.00. The lowest BCUT2D eigenvalue weighted by atomic mass is 9.97. The highest BCUT2D eigenvalue weighted by molar-refractivity contribution is 5.91. The lowest BCUT2D eigenvalue weighted by Gasteiger charge is -2.45. The van der Waals surface area contributed by atoms with Crippen molar-refractivity contribution in [2.24, 2.45) is 0 Å². The van der Waals surface area contributed by atoms with E-state index in [4.69, 9.17) is 23.4 Å². The molecule has 18 nitrogen and oxygen atoms in total. The number of ether oxygens (including phenoxy) is 4. The van der Waals surface area contributed by atoms with E-state index in [0.717, 1.165) is 18.2 Å². The van der Waals surface area contributed by atoms with Crippen LogP contribution >= 0.6 is 0 Å². The highest BCUT2D eigenvalue weighted by Crippen LogP contribution is 2.45. The van der Waals surface area contributed by atoms with Crippen LogP contribution < -0.4 is 10.2 Å². The van der Waals surface area contributed by atoms with Gasteiger partial charge in [-0.1, -0.05) is 0 Å². The van der Waals surface area contributed by atoms with Crippen LogP contribution in [0.5, 0.6) is 34.5 Å². The van der Waals surface area contributed by atoms with Gasteiger partial charge in [-0.2, -0.15) is 0 Å². The Bertz CT molecular complexity index is 1610. The van der Waals surface area contributed by atoms with Crippen LogP contribution in [0.25, 0.3) is 22.3 Å². The Morgan fingerprint density at radius 1 is 0.689 bits per heavy atom. The number of hydrogen-bond acceptors (Lipinski definition) is 18. The Labute approximate surface area is 250 Å². The zero-order chi connectivity index (χ0) is 32.9. The summed E-state index contributed by atoms with van der Waals surface area (Å²) in [4.78, 5) is 13.0. The average Bonchev–Trinajstić information content (AvgIpc) is 3.02. The third-order valence-electron chi connectivity index (χ3n) is 7.52. The number of rotatable bonds is 7. The minimum Gasteiger partial charge on any atom is -0.504 e. The van der Waals surface area contributed by atoms with Crippen molar-refractivity contribution >= 4 is 11.0 Å². The first-order valence-corrected chi connectivity index (χ1v) is 13.3. The van der Waals surface area contributed by atoms with E-state index in [1.54, 1.807) is 0 Å². The first-order valence-electron chi connectivity index (χ1n) is 13.3. The largest absolute Gasteiger partial charge is 0.504 e. The van der Waals surface area contributed by atoms with Crippen molar-refractivity contribution in [3.63, 3.8) is 0 Å². The summed E-state index contributed by atoms with van der Waals surface area (Å²) in [5.41, 5.74) is -1.79. The van der Waals surface area contributed by atoms with Crippen LogP contribution in [0, 0.1) is 0 Å². The van der Waals surface area contributed by atoms with Crippen LogP contribution in [0.2, 0.25) is 0 Å². The van der Waals surface area contributed by atoms with E-state index >= 15 is 0 Å². The summed E-state index contributed by atoms with van der Waals surface area (Å²) in [7, 11) is 0. The number of benzene rings is 2. The van der Waals surface area contributed by atoms with Gasteiger partial charge in [0.2, 0.25) is 23.2 Å². The fraction of sp³-hybridized carbons (Fsp3) is 0.444. The molecule has 12 N–H and O–H groups in total. The third kappa shape index (κ3) is 5.68. The summed E-state index contributed by atoms with van der Waals surface area (Å²) in [6.45, 7) is -1.68. The first kappa shape index (κ1) is 32.4. The Kier molecular flexibility index (Phi) is 8.97. The Morgan fingerprint density at radius 2 is 1.31 bits per heavy atom. The predicted octanol–water partition coefficient (Wildman–Crippen LogP) is -3.01. The molecule has 18 heteroatoms. The maximum absolute atomic E-state index is 13.0. The molecule has 2 aliphatic heterocycles. The molecule has 10 atom stereocenters. The highest BCUT2D eigenvalue weighted by atomic mass is 16.8. The van der Waals surface area contributed by atoms with Crippen LogP contribution in [-0.4, -0.2) is 136 Å². The summed E-state index contributed by atoms with van der Waals surface area (Å²) < 4.78 is 27.6. The smallest absolute Gasteiger partial charge is 0.238 e. The summed E-state index contributed by atoms with van der Waals surface area (Å²) >= 11 is 0. The molecule has 2 aromatic carbocycles. The number of phenolic OH excluding ortho intramolecular Hbond substituents is 4. The molecular formula is C27H30O18. The molecule has 3 aromatic rings. The standard InChI is InChI=1S/C27H30O18/c28-5-12-16(33)20(37)23(40)26(43-12)45-25-21(38)17(34)13(6-29)44-27(25)42-11-4-10-14(18(35)15(11)32)19(36)22(39)24(41-10)7-1-2-8(30)9(31)3-7/h1-4,12-13,16-17,20-21,23,25-35,37-40H,5-6H2. The van der Waals surface area contributed by atoms with Crippen molar-refractivity contribution < 1.29 is 84.6 Å². The highest BCUT2D eigenvalue weighted by Gasteiger charge is 2.51. The lowest BCUT2D eigenvalue weighted by Crippen LogP contribution is -2.65. The molecule has 2 aliphatic rings. The van der Waals surface area contributed by atoms with Gasteiger partial charge in [-0.3, -0.25) is 4.79 Å². The summed E-state index contributed by atoms with van der Waals surface area (Å²) in [5, 5.41) is 122. The van der Waals surface area contributed by atoms with Gasteiger partial charge in [0.15, 0.2) is 41.2 Å². The van der Waals surface area contributed by atoms with Gasteiger partial charge in [-0.25, -0.2) is 0 Å². The van der Waals surface area contributed by atoms with E-state index in [1.807, 2.05) is 0 Å². The molecule has 3 heterocycles. The van der Waals surface area contributed by atoms with Gasteiger partial charge < -0.3 is 84.6 Å². The van der Waals surface area contributed by atoms with Gasteiger partial charge >= 0.3 is 0 Å². The lowest BCUT2D eigenvalue weighted by molar-refractivity contribution is -0.358. The van der Waals surface area contributed by atoms with Crippen molar-refractivity contribution in [3.8, 4) is 45.8 Å². The topological polar surface area (TPSA) is 310 Å². The molecule has 2 fully saturated rings. The minimum absolute atomic E-state index is 0.0802. The molecule has 0 saturated carbocycles. The molecule has 10 unspecified atom stereocenters. The molecule has 0 radical (unpaired) electrons. The summed E-state index contributed by atoms with van der Waals surface area (Å²) in [5.74, 6) is -5.60. The maximum Gasteiger partial charge on any atom is 0.238 e. The van der Waals surface area contributed by atoms with Crippen LogP contribution in [-0.2, 0) is 14.2 Å². The van der Waals surface area contributed by atoms with Gasteiger partial charge in [0.05, 0.1) is 13.2 Å². The number of aromatic hydroxyl groups is 5. The van der Waals surface area contributed by atoms with Crippen molar-refractivity contribution in [2.45, 2.75) is 61.4 Å². The first-order chi connectivity index (χ1) is 21.3. The molecule has 0 aliphatic carbocycles. The Balaban J connectivity index is 1.54. The van der Waals surface area contributed by atoms with Crippen LogP contribution in [0.1, 0.15) is 0 Å². The number of hydrogen-bond donors (Lipinski definition) is 12. The Morgan fingerprint density at radius 3 is 1.93 bits per heavy atom. The number of fused-ring (bicyclic) bond motifs is 1. The zero-order valence-corrected chi connectivity index (χ0v) is 22.8. The fourth-order valence-electron chi connectivity index (χ4n) is 5.00. The molecule has 5 rings (SSSR count). The van der Waals surface area contributed by atoms with Gasteiger partial charge in [-0.15, -0.1) is 0 Å². The van der Waals surface area contributed by atoms with E-state index in [0.29, 0.717) is 0 Å². The van der Waals surface area contributed by atoms with E-state index in [9.17, 15) is 66.1 Å². The summed E-state index contributed by atoms with van der Waals surface area (Å²) in [6.07, 6.45) is -18.0. The molecule has 0 spiro atoms. The van der Waals surface area contributed by atoms with Crippen LogP contribution in [0.15, 0.2) is 33.5 Å². The molecule has 0 bridgehead atoms. The molecule has 246 valence electrons. The zero-order valence-electron chi connectivity index (χ0n) is 22.8. The van der Waals surface area contributed by atoms with Crippen LogP contribution in [0.3, 0.4) is 0 Å². The van der Waals surface area contributed by atoms with Crippen LogP contribution in [0.4, 0.5) is 0 Å². The maximum atomic E-state index is 13.0. The number of aliphatic hydroxyl groups excluding tert-OH is 7. The van der Waals surface area contributed by atoms with Crippen molar-refractivity contribution in [1.82, 2.24) is 0 Å². The molecule has 0 amide bonds. The van der Waals surface area contributed by atoms with Gasteiger partial charge in [-0.05, 0) is 18.2 Å². The van der Waals surface area contributed by atoms with Crippen molar-refractivity contribution in [3.05, 3.63) is 34.5 Å². The van der Waals surface area contributed by atoms with E-state index < -0.39 is 131 Å². The second kappa shape index (κ2) is 12.4. The molecule has 45 heavy (non-hydrogen) atoms. The number of phenols is 4. The Hall–Kier alpha value is -3.95. The van der Waals surface area contributed by atoms with E-state index in [2.05, 4.69) is 0 Å². The van der Waals surface area contributed by atoms with Crippen molar-refractivity contribution in [1.29, 1.82) is 0 Å². The van der Waals surface area contributed by atoms with E-state index in [-0.39, 0.29) is 5.56 Å². The van der Waals surface area contributed by atoms with E-state index in [1.165, 1.54) is 6.07 Å². The summed E-state index contributed by atoms with van der Waals surface area (Å²) in [6, 6.07) is 4.07. The monoisotopic (exact) mass is 642 g/mol. The predicted molar refractivity (Wildman–Crippen MR) is 143 cm³/mol. The normalized spacial score (nSPS) is 32.1. The third-order valence-corrected chi connectivity index (χ3v) is 7.52.